The molecule has 0 aliphatic heterocycles. The summed E-state index contributed by atoms with van der Waals surface area (Å²) in [7, 11) is 0. The highest BCUT2D eigenvalue weighted by Crippen LogP contribution is 2.15. The number of nitrogens with one attached hydrogen (secondary N) is 1. The molecule has 1 aromatic rings. The van der Waals surface area contributed by atoms with Crippen molar-refractivity contribution in [2.75, 3.05) is 5.32 Å². The van der Waals surface area contributed by atoms with Crippen molar-refractivity contribution in [1.29, 1.82) is 0 Å². The van der Waals surface area contributed by atoms with Gasteiger partial charge in [-0.15, -0.1) is 0 Å². The van der Waals surface area contributed by atoms with E-state index in [1.54, 1.807) is 20.8 Å². The van der Waals surface area contributed by atoms with Crippen LogP contribution in [0.5, 0.6) is 0 Å². The van der Waals surface area contributed by atoms with Crippen molar-refractivity contribution in [2.24, 2.45) is 0 Å². The zero-order valence-electron chi connectivity index (χ0n) is 8.00. The fourth-order valence-electron chi connectivity index (χ4n) is 0.651. The molecular formula is C7H10ClN3O2S. The van der Waals surface area contributed by atoms with Gasteiger partial charge in [-0.05, 0) is 32.4 Å². The summed E-state index contributed by atoms with van der Waals surface area (Å²) in [6, 6.07) is 0. The Hall–Kier alpha value is -0.880. The first-order valence-corrected chi connectivity index (χ1v) is 5.01. The molecule has 0 saturated carbocycles. The highest BCUT2D eigenvalue weighted by molar-refractivity contribution is 7.10. The van der Waals surface area contributed by atoms with Crippen molar-refractivity contribution < 1.29 is 9.53 Å². The van der Waals surface area contributed by atoms with E-state index in [0.29, 0.717) is 0 Å². The molecule has 0 aliphatic carbocycles. The van der Waals surface area contributed by atoms with E-state index in [0.717, 1.165) is 11.5 Å². The molecule has 7 heteroatoms. The number of amides is 1. The predicted molar refractivity (Wildman–Crippen MR) is 54.8 cm³/mol. The van der Waals surface area contributed by atoms with Crippen LogP contribution in [0.25, 0.3) is 0 Å². The molecule has 0 atom stereocenters. The Labute approximate surface area is 90.6 Å². The van der Waals surface area contributed by atoms with E-state index in [2.05, 4.69) is 14.7 Å². The Balaban J connectivity index is 2.50. The zero-order chi connectivity index (χ0) is 10.8. The lowest BCUT2D eigenvalue weighted by molar-refractivity contribution is 0.0635. The number of nitrogens with zero attached hydrogens (tertiary/aromatic N) is 2. The van der Waals surface area contributed by atoms with Gasteiger partial charge in [0, 0.05) is 11.5 Å². The normalized spacial score (nSPS) is 11.1. The van der Waals surface area contributed by atoms with Crippen LogP contribution in [0, 0.1) is 0 Å². The molecule has 0 unspecified atom stereocenters. The van der Waals surface area contributed by atoms with E-state index in [4.69, 9.17) is 16.3 Å². The van der Waals surface area contributed by atoms with Crippen LogP contribution >= 0.6 is 23.1 Å². The molecule has 14 heavy (non-hydrogen) atoms. The number of hydrogen-bond acceptors (Lipinski definition) is 5. The van der Waals surface area contributed by atoms with Gasteiger partial charge < -0.3 is 4.74 Å². The molecule has 0 aliphatic rings. The molecule has 1 rings (SSSR count). The molecule has 0 radical (unpaired) electrons. The van der Waals surface area contributed by atoms with Crippen LogP contribution in [0.4, 0.5) is 10.7 Å². The molecule has 0 saturated heterocycles. The second-order valence-electron chi connectivity index (χ2n) is 3.50. The van der Waals surface area contributed by atoms with Gasteiger partial charge in [-0.3, -0.25) is 5.32 Å². The number of ether oxygens (including phenoxy) is 1. The van der Waals surface area contributed by atoms with Crippen molar-refractivity contribution in [3.05, 3.63) is 4.47 Å². The first-order chi connectivity index (χ1) is 6.37. The van der Waals surface area contributed by atoms with E-state index >= 15 is 0 Å². The maximum Gasteiger partial charge on any atom is 0.414 e. The van der Waals surface area contributed by atoms with Gasteiger partial charge in [0.15, 0.2) is 0 Å². The molecular weight excluding hydrogens is 226 g/mol. The number of aromatic nitrogens is 2. The van der Waals surface area contributed by atoms with Crippen LogP contribution in [-0.2, 0) is 4.74 Å². The van der Waals surface area contributed by atoms with Crippen molar-refractivity contribution in [3.8, 4) is 0 Å². The fraction of sp³-hybridized carbons (Fsp3) is 0.571. The minimum Gasteiger partial charge on any atom is -0.444 e. The topological polar surface area (TPSA) is 64.1 Å². The van der Waals surface area contributed by atoms with Crippen molar-refractivity contribution in [1.82, 2.24) is 9.36 Å². The van der Waals surface area contributed by atoms with Gasteiger partial charge in [0.05, 0.1) is 0 Å². The van der Waals surface area contributed by atoms with Crippen LogP contribution in [0.15, 0.2) is 0 Å². The van der Waals surface area contributed by atoms with Crippen LogP contribution in [0.1, 0.15) is 20.8 Å². The van der Waals surface area contributed by atoms with E-state index in [1.807, 2.05) is 0 Å². The average Bonchev–Trinajstić information content (AvgIpc) is 2.30. The molecule has 1 amide bonds. The third kappa shape index (κ3) is 3.89. The Morgan fingerprint density at radius 2 is 2.21 bits per heavy atom. The summed E-state index contributed by atoms with van der Waals surface area (Å²) in [5.41, 5.74) is -0.538. The standard InChI is InChI=1S/C7H10ClN3O2S/c1-7(2,3)13-6(12)10-5-9-4(8)14-11-5/h1-3H3,(H,10,11,12). The average molecular weight is 236 g/mol. The Kier molecular flexibility index (Phi) is 3.28. The van der Waals surface area contributed by atoms with E-state index in [-0.39, 0.29) is 10.4 Å². The predicted octanol–water partition coefficient (Wildman–Crippen LogP) is 2.54. The van der Waals surface area contributed by atoms with Gasteiger partial charge in [0.25, 0.3) is 0 Å². The van der Waals surface area contributed by atoms with Gasteiger partial charge in [-0.1, -0.05) is 0 Å². The first-order valence-electron chi connectivity index (χ1n) is 3.86. The number of anilines is 1. The van der Waals surface area contributed by atoms with E-state index in [9.17, 15) is 4.79 Å². The zero-order valence-corrected chi connectivity index (χ0v) is 9.57. The summed E-state index contributed by atoms with van der Waals surface area (Å²) in [4.78, 5) is 14.9. The van der Waals surface area contributed by atoms with Gasteiger partial charge >= 0.3 is 6.09 Å². The summed E-state index contributed by atoms with van der Waals surface area (Å²) in [6.45, 7) is 5.32. The molecule has 78 valence electrons. The molecule has 0 bridgehead atoms. The molecule has 0 aromatic carbocycles. The number of hydrogen-bond donors (Lipinski definition) is 1. The maximum atomic E-state index is 11.2. The third-order valence-corrected chi connectivity index (χ3v) is 1.81. The second-order valence-corrected chi connectivity index (χ2v) is 4.83. The van der Waals surface area contributed by atoms with Gasteiger partial charge in [0.2, 0.25) is 10.4 Å². The largest absolute Gasteiger partial charge is 0.444 e. The maximum absolute atomic E-state index is 11.2. The van der Waals surface area contributed by atoms with E-state index in [1.165, 1.54) is 0 Å². The summed E-state index contributed by atoms with van der Waals surface area (Å²) in [5.74, 6) is 0.161. The smallest absolute Gasteiger partial charge is 0.414 e. The highest BCUT2D eigenvalue weighted by atomic mass is 35.5. The lowest BCUT2D eigenvalue weighted by Crippen LogP contribution is -2.27. The van der Waals surface area contributed by atoms with Gasteiger partial charge in [-0.2, -0.15) is 9.36 Å². The third-order valence-electron chi connectivity index (χ3n) is 1.01. The number of carbonyl (C=O) groups excluding carboxylic acids is 1. The number of halogens is 1. The summed E-state index contributed by atoms with van der Waals surface area (Å²) in [6.07, 6.45) is -0.591. The second kappa shape index (κ2) is 4.10. The van der Waals surface area contributed by atoms with Gasteiger partial charge in [0.1, 0.15) is 5.60 Å². The monoisotopic (exact) mass is 235 g/mol. The van der Waals surface area contributed by atoms with Crippen LogP contribution in [-0.4, -0.2) is 21.1 Å². The first kappa shape index (κ1) is 11.2. The number of carbonyl (C=O) groups is 1. The lowest BCUT2D eigenvalue weighted by atomic mass is 10.2. The summed E-state index contributed by atoms with van der Waals surface area (Å²) in [5, 5.41) is 2.36. The molecule has 0 spiro atoms. The Bertz CT molecular complexity index is 334. The SMILES string of the molecule is CC(C)(C)OC(=O)Nc1nsc(Cl)n1. The van der Waals surface area contributed by atoms with Crippen LogP contribution in [0.2, 0.25) is 4.47 Å². The molecule has 1 heterocycles. The van der Waals surface area contributed by atoms with Gasteiger partial charge in [-0.25, -0.2) is 4.79 Å². The van der Waals surface area contributed by atoms with Crippen molar-refractivity contribution in [2.45, 2.75) is 26.4 Å². The fourth-order valence-corrected chi connectivity index (χ4v) is 1.21. The Morgan fingerprint density at radius 1 is 1.57 bits per heavy atom. The minimum absolute atomic E-state index is 0.161. The lowest BCUT2D eigenvalue weighted by Gasteiger charge is -2.18. The molecule has 0 fully saturated rings. The molecule has 1 aromatic heterocycles. The summed E-state index contributed by atoms with van der Waals surface area (Å²) < 4.78 is 9.03. The van der Waals surface area contributed by atoms with Crippen LogP contribution < -0.4 is 5.32 Å². The van der Waals surface area contributed by atoms with Crippen molar-refractivity contribution >= 4 is 35.2 Å². The van der Waals surface area contributed by atoms with Crippen molar-refractivity contribution in [3.63, 3.8) is 0 Å². The van der Waals surface area contributed by atoms with E-state index < -0.39 is 11.7 Å². The molecule has 1 N–H and O–H groups in total. The number of rotatable bonds is 1. The Morgan fingerprint density at radius 3 is 2.64 bits per heavy atom. The highest BCUT2D eigenvalue weighted by Gasteiger charge is 2.17. The van der Waals surface area contributed by atoms with Crippen LogP contribution in [0.3, 0.4) is 0 Å². The quantitative estimate of drug-likeness (QED) is 0.813. The summed E-state index contributed by atoms with van der Waals surface area (Å²) >= 11 is 6.53. The minimum atomic E-state index is -0.591. The molecule has 5 nitrogen and oxygen atoms in total.